The summed E-state index contributed by atoms with van der Waals surface area (Å²) in [5, 5.41) is 10.3. The minimum absolute atomic E-state index is 0.360. The Balaban J connectivity index is 2.04. The van der Waals surface area contributed by atoms with Crippen molar-refractivity contribution < 1.29 is 14.6 Å². The van der Waals surface area contributed by atoms with Crippen molar-refractivity contribution in [1.82, 2.24) is 9.47 Å². The maximum atomic E-state index is 10.3. The normalized spacial score (nSPS) is 12.3. The lowest BCUT2D eigenvalue weighted by Crippen LogP contribution is -2.35. The topological polar surface area (TPSA) is 46.9 Å². The standard InChI is InChI=1S/C22H32N2O3/c1-4-5-10-21(25)18-23(13-14-26-2)17-20-9-7-12-24(20)16-19-8-6-11-22(15-19)27-3/h4,6-9,11-12,15,21,25H,1,5,10,13-14,16-18H2,2-3H3/t21-/m1/s1. The summed E-state index contributed by atoms with van der Waals surface area (Å²) in [4.78, 5) is 2.24. The van der Waals surface area contributed by atoms with Crippen molar-refractivity contribution in [2.24, 2.45) is 0 Å². The Morgan fingerprint density at radius 2 is 2.11 bits per heavy atom. The van der Waals surface area contributed by atoms with Crippen molar-refractivity contribution in [3.05, 3.63) is 66.5 Å². The third kappa shape index (κ3) is 7.21. The first-order valence-corrected chi connectivity index (χ1v) is 9.43. The predicted octanol–water partition coefficient (Wildman–Crippen LogP) is 3.32. The van der Waals surface area contributed by atoms with Crippen molar-refractivity contribution >= 4 is 0 Å². The molecule has 0 aliphatic carbocycles. The van der Waals surface area contributed by atoms with Crippen molar-refractivity contribution in [3.8, 4) is 5.75 Å². The third-order valence-corrected chi connectivity index (χ3v) is 4.58. The second kappa shape index (κ2) is 11.6. The molecule has 1 aromatic heterocycles. The van der Waals surface area contributed by atoms with E-state index in [1.54, 1.807) is 14.2 Å². The van der Waals surface area contributed by atoms with Crippen LogP contribution in [0.5, 0.6) is 5.75 Å². The largest absolute Gasteiger partial charge is 0.497 e. The van der Waals surface area contributed by atoms with E-state index >= 15 is 0 Å². The fraction of sp³-hybridized carbons (Fsp3) is 0.455. The van der Waals surface area contributed by atoms with Crippen LogP contribution in [0, 0.1) is 0 Å². The quantitative estimate of drug-likeness (QED) is 0.548. The van der Waals surface area contributed by atoms with Gasteiger partial charge >= 0.3 is 0 Å². The van der Waals surface area contributed by atoms with Crippen molar-refractivity contribution in [3.63, 3.8) is 0 Å². The molecule has 0 saturated heterocycles. The number of hydrogen-bond donors (Lipinski definition) is 1. The molecule has 2 aromatic rings. The second-order valence-corrected chi connectivity index (χ2v) is 6.73. The van der Waals surface area contributed by atoms with Crippen LogP contribution in [0.25, 0.3) is 0 Å². The van der Waals surface area contributed by atoms with Gasteiger partial charge in [-0.2, -0.15) is 0 Å². The maximum absolute atomic E-state index is 10.3. The molecule has 1 atom stereocenters. The van der Waals surface area contributed by atoms with Gasteiger partial charge in [0.2, 0.25) is 0 Å². The molecule has 1 N–H and O–H groups in total. The van der Waals surface area contributed by atoms with Gasteiger partial charge in [0.05, 0.1) is 19.8 Å². The highest BCUT2D eigenvalue weighted by molar-refractivity contribution is 5.29. The molecule has 0 unspecified atom stereocenters. The average molecular weight is 373 g/mol. The molecule has 0 aliphatic heterocycles. The first kappa shape index (κ1) is 21.2. The number of ether oxygens (including phenoxy) is 2. The molecule has 5 heteroatoms. The highest BCUT2D eigenvalue weighted by Crippen LogP contribution is 2.16. The van der Waals surface area contributed by atoms with E-state index in [9.17, 15) is 5.11 Å². The van der Waals surface area contributed by atoms with Gasteiger partial charge in [-0.15, -0.1) is 6.58 Å². The summed E-state index contributed by atoms with van der Waals surface area (Å²) in [7, 11) is 3.39. The Hall–Kier alpha value is -2.08. The highest BCUT2D eigenvalue weighted by atomic mass is 16.5. The molecule has 0 fully saturated rings. The lowest BCUT2D eigenvalue weighted by Gasteiger charge is -2.25. The van der Waals surface area contributed by atoms with Gasteiger partial charge in [0.25, 0.3) is 0 Å². The zero-order valence-corrected chi connectivity index (χ0v) is 16.5. The van der Waals surface area contributed by atoms with Gasteiger partial charge in [-0.3, -0.25) is 4.90 Å². The summed E-state index contributed by atoms with van der Waals surface area (Å²) in [6.45, 7) is 7.34. The number of benzene rings is 1. The first-order valence-electron chi connectivity index (χ1n) is 9.43. The van der Waals surface area contributed by atoms with E-state index in [1.807, 2.05) is 18.2 Å². The summed E-state index contributed by atoms with van der Waals surface area (Å²) in [5.74, 6) is 0.869. The summed E-state index contributed by atoms with van der Waals surface area (Å²) >= 11 is 0. The van der Waals surface area contributed by atoms with Crippen LogP contribution in [0.15, 0.2) is 55.3 Å². The van der Waals surface area contributed by atoms with E-state index in [0.29, 0.717) is 13.2 Å². The summed E-state index contributed by atoms with van der Waals surface area (Å²) in [6.07, 6.45) is 5.14. The van der Waals surface area contributed by atoms with Crippen LogP contribution >= 0.6 is 0 Å². The number of aliphatic hydroxyl groups is 1. The van der Waals surface area contributed by atoms with Gasteiger partial charge in [0.1, 0.15) is 5.75 Å². The Morgan fingerprint density at radius 3 is 2.85 bits per heavy atom. The molecule has 0 spiro atoms. The van der Waals surface area contributed by atoms with Crippen molar-refractivity contribution in [2.75, 3.05) is 33.9 Å². The Labute approximate surface area is 162 Å². The molecule has 0 bridgehead atoms. The van der Waals surface area contributed by atoms with E-state index in [1.165, 1.54) is 11.3 Å². The minimum atomic E-state index is -0.360. The third-order valence-electron chi connectivity index (χ3n) is 4.58. The summed E-state index contributed by atoms with van der Waals surface area (Å²) in [5.41, 5.74) is 2.41. The number of rotatable bonds is 13. The maximum Gasteiger partial charge on any atom is 0.119 e. The monoisotopic (exact) mass is 372 g/mol. The van der Waals surface area contributed by atoms with Gasteiger partial charge in [-0.25, -0.2) is 0 Å². The number of nitrogens with zero attached hydrogens (tertiary/aromatic N) is 2. The van der Waals surface area contributed by atoms with Gasteiger partial charge < -0.3 is 19.1 Å². The van der Waals surface area contributed by atoms with Gasteiger partial charge in [-0.05, 0) is 42.7 Å². The van der Waals surface area contributed by atoms with Crippen LogP contribution < -0.4 is 4.74 Å². The molecule has 0 radical (unpaired) electrons. The number of aromatic nitrogens is 1. The van der Waals surface area contributed by atoms with Crippen molar-refractivity contribution in [2.45, 2.75) is 32.0 Å². The molecular formula is C22H32N2O3. The highest BCUT2D eigenvalue weighted by Gasteiger charge is 2.14. The van der Waals surface area contributed by atoms with E-state index in [4.69, 9.17) is 9.47 Å². The average Bonchev–Trinajstić information content (AvgIpc) is 3.11. The molecule has 0 saturated carbocycles. The Bertz CT molecular complexity index is 684. The number of hydrogen-bond acceptors (Lipinski definition) is 4. The van der Waals surface area contributed by atoms with E-state index in [0.717, 1.165) is 38.2 Å². The molecule has 0 aliphatic rings. The molecule has 5 nitrogen and oxygen atoms in total. The minimum Gasteiger partial charge on any atom is -0.497 e. The number of aliphatic hydroxyl groups excluding tert-OH is 1. The summed E-state index contributed by atoms with van der Waals surface area (Å²) in [6, 6.07) is 12.3. The fourth-order valence-electron chi connectivity index (χ4n) is 3.10. The number of methoxy groups -OCH3 is 2. The number of allylic oxidation sites excluding steroid dienone is 1. The first-order chi connectivity index (χ1) is 13.2. The molecule has 0 amide bonds. The van der Waals surface area contributed by atoms with E-state index in [2.05, 4.69) is 46.5 Å². The fourth-order valence-corrected chi connectivity index (χ4v) is 3.10. The lowest BCUT2D eigenvalue weighted by molar-refractivity contribution is 0.0797. The van der Waals surface area contributed by atoms with E-state index < -0.39 is 0 Å². The molecular weight excluding hydrogens is 340 g/mol. The molecule has 1 aromatic carbocycles. The van der Waals surface area contributed by atoms with Crippen LogP contribution in [-0.2, 0) is 17.8 Å². The van der Waals surface area contributed by atoms with Crippen LogP contribution in [-0.4, -0.2) is 54.6 Å². The second-order valence-electron chi connectivity index (χ2n) is 6.73. The van der Waals surface area contributed by atoms with E-state index in [-0.39, 0.29) is 6.10 Å². The van der Waals surface area contributed by atoms with Crippen LogP contribution in [0.1, 0.15) is 24.1 Å². The lowest BCUT2D eigenvalue weighted by atomic mass is 10.2. The predicted molar refractivity (Wildman–Crippen MR) is 109 cm³/mol. The SMILES string of the molecule is C=CCC[C@@H](O)CN(CCOC)Cc1cccn1Cc1cccc(OC)c1. The smallest absolute Gasteiger partial charge is 0.119 e. The van der Waals surface area contributed by atoms with Crippen LogP contribution in [0.3, 0.4) is 0 Å². The Morgan fingerprint density at radius 1 is 1.26 bits per heavy atom. The zero-order chi connectivity index (χ0) is 19.5. The zero-order valence-electron chi connectivity index (χ0n) is 16.5. The molecule has 148 valence electrons. The van der Waals surface area contributed by atoms with Crippen molar-refractivity contribution in [1.29, 1.82) is 0 Å². The summed E-state index contributed by atoms with van der Waals surface area (Å²) < 4.78 is 12.8. The molecule has 1 heterocycles. The van der Waals surface area contributed by atoms with Gasteiger partial charge in [-0.1, -0.05) is 18.2 Å². The molecule has 27 heavy (non-hydrogen) atoms. The van der Waals surface area contributed by atoms with Crippen LogP contribution in [0.4, 0.5) is 0 Å². The van der Waals surface area contributed by atoms with Gasteiger partial charge in [0, 0.05) is 45.2 Å². The van der Waals surface area contributed by atoms with Gasteiger partial charge in [0.15, 0.2) is 0 Å². The van der Waals surface area contributed by atoms with Crippen LogP contribution in [0.2, 0.25) is 0 Å². The molecule has 2 rings (SSSR count). The Kier molecular flexibility index (Phi) is 9.11.